The molecule has 21 heavy (non-hydrogen) atoms. The second-order valence-electron chi connectivity index (χ2n) is 4.33. The SMILES string of the molecule is NS(=O)(=O)c1ccc(CCCNC(=O)c2cnns2)cc1. The van der Waals surface area contributed by atoms with Crippen LogP contribution in [0, 0.1) is 0 Å². The second-order valence-corrected chi connectivity index (χ2v) is 6.68. The van der Waals surface area contributed by atoms with E-state index >= 15 is 0 Å². The minimum Gasteiger partial charge on any atom is -0.351 e. The summed E-state index contributed by atoms with van der Waals surface area (Å²) in [4.78, 5) is 12.2. The molecule has 0 aliphatic rings. The molecule has 2 rings (SSSR count). The Morgan fingerprint density at radius 2 is 2.00 bits per heavy atom. The summed E-state index contributed by atoms with van der Waals surface area (Å²) in [5.41, 5.74) is 0.983. The number of benzene rings is 1. The molecule has 0 bridgehead atoms. The largest absolute Gasteiger partial charge is 0.351 e. The summed E-state index contributed by atoms with van der Waals surface area (Å²) in [5, 5.41) is 11.4. The number of nitrogens with zero attached hydrogens (tertiary/aromatic N) is 2. The summed E-state index contributed by atoms with van der Waals surface area (Å²) in [5.74, 6) is -0.186. The van der Waals surface area contributed by atoms with Crippen molar-refractivity contribution in [2.45, 2.75) is 17.7 Å². The Morgan fingerprint density at radius 3 is 2.57 bits per heavy atom. The molecule has 1 amide bonds. The fourth-order valence-corrected chi connectivity index (χ4v) is 2.64. The Hall–Kier alpha value is -1.84. The normalized spacial score (nSPS) is 11.3. The van der Waals surface area contributed by atoms with Crippen molar-refractivity contribution in [3.63, 3.8) is 0 Å². The van der Waals surface area contributed by atoms with Gasteiger partial charge in [0, 0.05) is 6.54 Å². The van der Waals surface area contributed by atoms with Crippen LogP contribution in [0.3, 0.4) is 0 Å². The summed E-state index contributed by atoms with van der Waals surface area (Å²) in [6, 6.07) is 6.39. The molecule has 0 unspecified atom stereocenters. The fourth-order valence-electron chi connectivity index (χ4n) is 1.69. The highest BCUT2D eigenvalue weighted by Gasteiger charge is 2.08. The maximum absolute atomic E-state index is 11.6. The highest BCUT2D eigenvalue weighted by molar-refractivity contribution is 7.89. The molecule has 0 atom stereocenters. The number of rotatable bonds is 6. The van der Waals surface area contributed by atoms with Crippen molar-refractivity contribution >= 4 is 27.5 Å². The van der Waals surface area contributed by atoms with Gasteiger partial charge in [-0.15, -0.1) is 5.10 Å². The molecule has 0 radical (unpaired) electrons. The maximum atomic E-state index is 11.6. The van der Waals surface area contributed by atoms with Crippen LogP contribution in [0.5, 0.6) is 0 Å². The average molecular weight is 326 g/mol. The monoisotopic (exact) mass is 326 g/mol. The van der Waals surface area contributed by atoms with E-state index in [1.54, 1.807) is 12.1 Å². The van der Waals surface area contributed by atoms with Crippen molar-refractivity contribution in [3.8, 4) is 0 Å². The number of primary sulfonamides is 1. The lowest BCUT2D eigenvalue weighted by Gasteiger charge is -2.04. The predicted molar refractivity (Wildman–Crippen MR) is 78.4 cm³/mol. The number of sulfonamides is 1. The van der Waals surface area contributed by atoms with Gasteiger partial charge in [0.2, 0.25) is 10.0 Å². The van der Waals surface area contributed by atoms with E-state index in [0.717, 1.165) is 29.9 Å². The summed E-state index contributed by atoms with van der Waals surface area (Å²) in [7, 11) is -3.65. The molecule has 1 aromatic heterocycles. The average Bonchev–Trinajstić information content (AvgIpc) is 2.97. The van der Waals surface area contributed by atoms with Crippen molar-refractivity contribution in [2.24, 2.45) is 5.14 Å². The van der Waals surface area contributed by atoms with Gasteiger partial charge < -0.3 is 5.32 Å². The Labute approximate surface area is 126 Å². The zero-order valence-electron chi connectivity index (χ0n) is 11.0. The van der Waals surface area contributed by atoms with E-state index in [2.05, 4.69) is 14.9 Å². The van der Waals surface area contributed by atoms with Crippen LogP contribution in [0.1, 0.15) is 21.7 Å². The quantitative estimate of drug-likeness (QED) is 0.752. The molecule has 112 valence electrons. The van der Waals surface area contributed by atoms with Gasteiger partial charge in [0.05, 0.1) is 11.1 Å². The molecule has 0 saturated carbocycles. The van der Waals surface area contributed by atoms with E-state index in [9.17, 15) is 13.2 Å². The Bertz CT molecular complexity index is 697. The number of aryl methyl sites for hydroxylation is 1. The highest BCUT2D eigenvalue weighted by Crippen LogP contribution is 2.10. The van der Waals surface area contributed by atoms with Gasteiger partial charge in [-0.05, 0) is 42.1 Å². The van der Waals surface area contributed by atoms with Gasteiger partial charge in [-0.3, -0.25) is 4.79 Å². The Kier molecular flexibility index (Phi) is 4.99. The van der Waals surface area contributed by atoms with Crippen molar-refractivity contribution < 1.29 is 13.2 Å². The standard InChI is InChI=1S/C12H14N4O3S2/c13-21(18,19)10-5-3-9(4-6-10)2-1-7-14-12(17)11-8-15-16-20-11/h3-6,8H,1-2,7H2,(H,14,17)(H2,13,18,19). The van der Waals surface area contributed by atoms with Gasteiger partial charge in [0.25, 0.3) is 5.91 Å². The van der Waals surface area contributed by atoms with E-state index in [4.69, 9.17) is 5.14 Å². The van der Waals surface area contributed by atoms with Crippen LogP contribution >= 0.6 is 11.5 Å². The molecule has 9 heteroatoms. The van der Waals surface area contributed by atoms with Gasteiger partial charge in [0.15, 0.2) is 0 Å². The molecule has 7 nitrogen and oxygen atoms in total. The summed E-state index contributed by atoms with van der Waals surface area (Å²) >= 11 is 1.05. The van der Waals surface area contributed by atoms with E-state index in [1.165, 1.54) is 18.3 Å². The summed E-state index contributed by atoms with van der Waals surface area (Å²) in [6.45, 7) is 0.522. The van der Waals surface area contributed by atoms with Crippen molar-refractivity contribution in [1.29, 1.82) is 0 Å². The third-order valence-electron chi connectivity index (χ3n) is 2.76. The van der Waals surface area contributed by atoms with Crippen molar-refractivity contribution in [1.82, 2.24) is 14.9 Å². The van der Waals surface area contributed by atoms with Gasteiger partial charge >= 0.3 is 0 Å². The lowest BCUT2D eigenvalue weighted by molar-refractivity contribution is 0.0957. The molecule has 1 aromatic carbocycles. The molecule has 0 saturated heterocycles. The van der Waals surface area contributed by atoms with Crippen LogP contribution in [0.2, 0.25) is 0 Å². The number of nitrogens with one attached hydrogen (secondary N) is 1. The number of carbonyl (C=O) groups is 1. The second kappa shape index (κ2) is 6.74. The molecular weight excluding hydrogens is 312 g/mol. The lowest BCUT2D eigenvalue weighted by Crippen LogP contribution is -2.23. The number of carbonyl (C=O) groups excluding carboxylic acids is 1. The number of nitrogens with two attached hydrogens (primary N) is 1. The number of aromatic nitrogens is 2. The third-order valence-corrected chi connectivity index (χ3v) is 4.36. The van der Waals surface area contributed by atoms with Crippen LogP contribution in [-0.4, -0.2) is 30.5 Å². The van der Waals surface area contributed by atoms with Crippen LogP contribution in [0.15, 0.2) is 35.4 Å². The predicted octanol–water partition coefficient (Wildman–Crippen LogP) is 0.548. The van der Waals surface area contributed by atoms with Crippen LogP contribution in [0.4, 0.5) is 0 Å². The van der Waals surface area contributed by atoms with E-state index < -0.39 is 10.0 Å². The minimum atomic E-state index is -3.65. The maximum Gasteiger partial charge on any atom is 0.264 e. The number of hydrogen-bond acceptors (Lipinski definition) is 6. The zero-order chi connectivity index (χ0) is 15.3. The molecule has 3 N–H and O–H groups in total. The molecule has 2 aromatic rings. The van der Waals surface area contributed by atoms with E-state index in [-0.39, 0.29) is 10.8 Å². The Balaban J connectivity index is 1.78. The summed E-state index contributed by atoms with van der Waals surface area (Å²) in [6.07, 6.45) is 2.89. The van der Waals surface area contributed by atoms with Crippen LogP contribution in [0.25, 0.3) is 0 Å². The van der Waals surface area contributed by atoms with Crippen molar-refractivity contribution in [2.75, 3.05) is 6.54 Å². The van der Waals surface area contributed by atoms with Crippen LogP contribution < -0.4 is 10.5 Å². The molecule has 0 spiro atoms. The molecule has 1 heterocycles. The molecular formula is C12H14N4O3S2. The van der Waals surface area contributed by atoms with Gasteiger partial charge in [-0.2, -0.15) is 0 Å². The van der Waals surface area contributed by atoms with Gasteiger partial charge in [-0.1, -0.05) is 16.6 Å². The van der Waals surface area contributed by atoms with E-state index in [0.29, 0.717) is 11.4 Å². The number of hydrogen-bond donors (Lipinski definition) is 2. The lowest BCUT2D eigenvalue weighted by atomic mass is 10.1. The third kappa shape index (κ3) is 4.59. The first-order valence-electron chi connectivity index (χ1n) is 6.14. The van der Waals surface area contributed by atoms with E-state index in [1.807, 2.05) is 0 Å². The molecule has 0 aliphatic carbocycles. The summed E-state index contributed by atoms with van der Waals surface area (Å²) < 4.78 is 25.8. The first-order valence-corrected chi connectivity index (χ1v) is 8.46. The van der Waals surface area contributed by atoms with Crippen LogP contribution in [-0.2, 0) is 16.4 Å². The molecule has 0 fully saturated rings. The zero-order valence-corrected chi connectivity index (χ0v) is 12.7. The highest BCUT2D eigenvalue weighted by atomic mass is 32.2. The molecule has 0 aliphatic heterocycles. The first-order chi connectivity index (χ1) is 9.97. The Morgan fingerprint density at radius 1 is 1.29 bits per heavy atom. The number of amides is 1. The first kappa shape index (κ1) is 15.5. The fraction of sp³-hybridized carbons (Fsp3) is 0.250. The van der Waals surface area contributed by atoms with Gasteiger partial charge in [-0.25, -0.2) is 13.6 Å². The van der Waals surface area contributed by atoms with Crippen molar-refractivity contribution in [3.05, 3.63) is 40.9 Å². The van der Waals surface area contributed by atoms with Gasteiger partial charge in [0.1, 0.15) is 4.88 Å². The smallest absolute Gasteiger partial charge is 0.264 e. The topological polar surface area (TPSA) is 115 Å². The minimum absolute atomic E-state index is 0.0947.